The van der Waals surface area contributed by atoms with Crippen molar-refractivity contribution < 1.29 is 68.3 Å². The fraction of sp³-hybridized carbons (Fsp3) is 0.324. The minimum atomic E-state index is -3.80. The highest BCUT2D eigenvalue weighted by molar-refractivity contribution is 7.89. The first-order valence-electron chi connectivity index (χ1n) is 48.7. The van der Waals surface area contributed by atoms with Crippen molar-refractivity contribution in [2.24, 2.45) is 11.8 Å². The Morgan fingerprint density at radius 3 is 1.03 bits per heavy atom. The molecule has 3 fully saturated rings. The van der Waals surface area contributed by atoms with Crippen LogP contribution in [0.4, 0.5) is 0 Å². The standard InChI is InChI=1S/C29H26N4O5S.C28H29N5O3.C27H24N4O4S.C27H28N4O3/c1-17(2)37-27-14-9-20(15-21(27)16-30)29-31-28(32-38-29)25-6-4-5-24-23(25)12-13-26(24)33-39(35,36)22-10-7-19(8-11-22)18(3)34;1-17(2)35-25-10-7-18(13-19(25)14-29)27-30-26(31-36-27)23-6-3-5-22-21(23)8-9-24(22)33-15-20(16-33)28(34)32-11-4-12-32;1-17(2)34-25-14-11-18(15-19(25)16-28)27-29-26(30-35-27)23-10-6-9-22-21(23)12-13-24(22)31-36(32,33)20-7-4-3-5-8-20;1-4-24(32)19-14-31(15-19)23-10-9-20-21(23)6-5-7-22(20)26-29-27(34-30-26)17-8-11-25(33-16(2)3)18(12-17)13-28/h4-11,14-15,17,26,33H,12-13H2,1-3H3;3,5-7,10,13,17,20,24H,4,8-9,11-12,15-16H2,1-2H3;3-11,14-15,17,24,31H,12-13H2,1-2H3;5-8,11-12,16,19,23H,4,9-10,14-15H2,1-3H3/t26-;2*24-;23-/m0000/s1. The van der Waals surface area contributed by atoms with Crippen LogP contribution in [0.1, 0.15) is 209 Å². The number of hydrogen-bond acceptors (Lipinski definition) is 29. The number of nitriles is 4. The summed E-state index contributed by atoms with van der Waals surface area (Å²) in [6, 6.07) is 67.6. The van der Waals surface area contributed by atoms with Gasteiger partial charge in [0.15, 0.2) is 5.78 Å². The van der Waals surface area contributed by atoms with Gasteiger partial charge in [-0.05, 0) is 262 Å². The topological polar surface area (TPSA) is 441 Å². The molecule has 1 amide bonds. The number of benzene rings is 10. The van der Waals surface area contributed by atoms with Gasteiger partial charge in [-0.15, -0.1) is 0 Å². The van der Waals surface area contributed by atoms with E-state index in [1.54, 1.807) is 91.0 Å². The van der Waals surface area contributed by atoms with E-state index in [1.807, 2.05) is 134 Å². The fourth-order valence-corrected chi connectivity index (χ4v) is 22.1. The molecule has 7 heterocycles. The second-order valence-electron chi connectivity index (χ2n) is 37.9. The number of nitrogens with zero attached hydrogens (tertiary/aromatic N) is 15. The van der Waals surface area contributed by atoms with Gasteiger partial charge in [0, 0.05) is 126 Å². The minimum Gasteiger partial charge on any atom is -0.490 e. The van der Waals surface area contributed by atoms with Gasteiger partial charge in [-0.3, -0.25) is 24.2 Å². The van der Waals surface area contributed by atoms with Gasteiger partial charge in [0.25, 0.3) is 23.6 Å². The van der Waals surface area contributed by atoms with E-state index in [0.717, 1.165) is 116 Å². The third kappa shape index (κ3) is 21.6. The monoisotopic (exact) mass is 1980 g/mol. The van der Waals surface area contributed by atoms with Crippen molar-refractivity contribution in [3.63, 3.8) is 0 Å². The lowest BCUT2D eigenvalue weighted by molar-refractivity contribution is -0.146. The van der Waals surface area contributed by atoms with Crippen LogP contribution in [-0.2, 0) is 55.3 Å². The van der Waals surface area contributed by atoms with Crippen LogP contribution < -0.4 is 28.4 Å². The van der Waals surface area contributed by atoms with Crippen molar-refractivity contribution in [3.8, 4) is 139 Å². The van der Waals surface area contributed by atoms with Crippen LogP contribution in [0.5, 0.6) is 23.0 Å². The maximum absolute atomic E-state index is 13.1. The first kappa shape index (κ1) is 99.6. The molecule has 738 valence electrons. The molecule has 0 saturated carbocycles. The lowest BCUT2D eigenvalue weighted by atomic mass is 9.90. The van der Waals surface area contributed by atoms with Gasteiger partial charge >= 0.3 is 0 Å². The molecule has 4 atom stereocenters. The highest BCUT2D eigenvalue weighted by Crippen LogP contribution is 2.48. The van der Waals surface area contributed by atoms with Crippen molar-refractivity contribution in [3.05, 3.63) is 273 Å². The molecule has 32 nitrogen and oxygen atoms in total. The summed E-state index contributed by atoms with van der Waals surface area (Å²) in [7, 11) is -7.45. The van der Waals surface area contributed by atoms with Gasteiger partial charge in [0.1, 0.15) is 53.1 Å². The largest absolute Gasteiger partial charge is 0.490 e. The van der Waals surface area contributed by atoms with E-state index < -0.39 is 26.1 Å². The fourth-order valence-electron chi connectivity index (χ4n) is 19.6. The first-order chi connectivity index (χ1) is 70.0. The Labute approximate surface area is 840 Å². The Morgan fingerprint density at radius 2 is 0.717 bits per heavy atom. The quantitative estimate of drug-likeness (QED) is 0.0430. The summed E-state index contributed by atoms with van der Waals surface area (Å²) in [6.07, 6.45) is 8.05. The Hall–Kier alpha value is -15.5. The predicted molar refractivity (Wildman–Crippen MR) is 537 cm³/mol. The third-order valence-electron chi connectivity index (χ3n) is 26.8. The summed E-state index contributed by atoms with van der Waals surface area (Å²) in [6.45, 7) is 23.9. The molecule has 21 rings (SSSR count). The van der Waals surface area contributed by atoms with Gasteiger partial charge in [-0.25, -0.2) is 26.3 Å². The highest BCUT2D eigenvalue weighted by Gasteiger charge is 2.44. The number of ketones is 2. The van der Waals surface area contributed by atoms with Crippen molar-refractivity contribution in [1.29, 1.82) is 21.0 Å². The molecule has 34 heteroatoms. The number of sulfonamides is 2. The number of aromatic nitrogens is 8. The van der Waals surface area contributed by atoms with Crippen LogP contribution >= 0.6 is 0 Å². The number of nitrogens with one attached hydrogen (secondary N) is 2. The van der Waals surface area contributed by atoms with Crippen molar-refractivity contribution in [1.82, 2.24) is 64.7 Å². The average Bonchev–Trinajstić information content (AvgIpc) is 1.67. The smallest absolute Gasteiger partial charge is 0.258 e. The second kappa shape index (κ2) is 42.9. The van der Waals surface area contributed by atoms with Crippen LogP contribution in [0.2, 0.25) is 0 Å². The van der Waals surface area contributed by atoms with E-state index >= 15 is 0 Å². The Bertz CT molecular complexity index is 7660. The number of rotatable bonds is 28. The molecule has 10 aromatic carbocycles. The molecule has 0 spiro atoms. The molecule has 4 aromatic heterocycles. The van der Waals surface area contributed by atoms with Gasteiger partial charge < -0.3 is 41.9 Å². The Morgan fingerprint density at radius 1 is 0.400 bits per heavy atom. The molecule has 145 heavy (non-hydrogen) atoms. The predicted octanol–water partition coefficient (Wildman–Crippen LogP) is 19.4. The van der Waals surface area contributed by atoms with E-state index in [-0.39, 0.29) is 69.6 Å². The first-order valence-corrected chi connectivity index (χ1v) is 51.7. The molecular weight excluding hydrogens is 1880 g/mol. The Balaban J connectivity index is 0.000000127. The normalized spacial score (nSPS) is 16.7. The van der Waals surface area contributed by atoms with Crippen LogP contribution in [0, 0.1) is 57.2 Å². The van der Waals surface area contributed by atoms with Crippen LogP contribution in [-0.4, -0.2) is 153 Å². The number of carbonyl (C=O) groups is 3. The molecule has 0 unspecified atom stereocenters. The van der Waals surface area contributed by atoms with E-state index in [4.69, 9.17) is 37.0 Å². The van der Waals surface area contributed by atoms with Crippen LogP contribution in [0.3, 0.4) is 0 Å². The summed E-state index contributed by atoms with van der Waals surface area (Å²) in [5, 5.41) is 55.0. The number of amides is 1. The van der Waals surface area contributed by atoms with Gasteiger partial charge in [-0.2, -0.15) is 41.0 Å². The molecule has 14 aromatic rings. The number of hydrogen-bond donors (Lipinski definition) is 2. The van der Waals surface area contributed by atoms with Crippen molar-refractivity contribution in [2.75, 3.05) is 39.3 Å². The second-order valence-corrected chi connectivity index (χ2v) is 41.3. The van der Waals surface area contributed by atoms with Gasteiger partial charge in [0.05, 0.1) is 62.4 Å². The maximum atomic E-state index is 13.1. The molecular formula is C111H107N17O15S2. The van der Waals surface area contributed by atoms with E-state index in [9.17, 15) is 52.3 Å². The number of Topliss-reactive ketones (excluding diaryl/α,β-unsaturated/α-hetero) is 2. The van der Waals surface area contributed by atoms with Crippen LogP contribution in [0.15, 0.2) is 228 Å². The van der Waals surface area contributed by atoms with Crippen LogP contribution in [0.25, 0.3) is 91.4 Å². The zero-order valence-corrected chi connectivity index (χ0v) is 83.4. The zero-order valence-electron chi connectivity index (χ0n) is 81.8. The molecule has 7 aliphatic rings. The third-order valence-corrected chi connectivity index (χ3v) is 29.7. The number of carbonyl (C=O) groups excluding carboxylic acids is 3. The summed E-state index contributed by atoms with van der Waals surface area (Å²) in [5.41, 5.74) is 17.0. The zero-order chi connectivity index (χ0) is 102. The molecule has 0 bridgehead atoms. The molecule has 3 saturated heterocycles. The van der Waals surface area contributed by atoms with E-state index in [2.05, 4.69) is 102 Å². The van der Waals surface area contributed by atoms with E-state index in [0.29, 0.717) is 164 Å². The summed E-state index contributed by atoms with van der Waals surface area (Å²) in [5.74, 6) is 6.17. The molecule has 0 radical (unpaired) electrons. The maximum Gasteiger partial charge on any atom is 0.258 e. The average molecular weight is 1980 g/mol. The number of likely N-dealkylation sites (tertiary alicyclic amines) is 3. The van der Waals surface area contributed by atoms with Crippen molar-refractivity contribution in [2.45, 2.75) is 192 Å². The Kier molecular flexibility index (Phi) is 29.5. The molecule has 2 N–H and O–H groups in total. The summed E-state index contributed by atoms with van der Waals surface area (Å²) < 4.78 is 103. The SMILES string of the molecule is CC(=O)c1ccc(S(=O)(=O)N[C@H]2CCc3c(-c4noc(-c5ccc(OC(C)C)c(C#N)c5)n4)cccc32)cc1.CC(C)Oc1ccc(-c2nc(-c3cccc4c3CC[C@@H]4N3CC(C(=O)N4CCC4)C3)no2)cc1C#N.CC(C)Oc1ccc(-c2nc(-c3cccc4c3CC[C@@H]4NS(=O)(=O)c3ccccc3)no2)cc1C#N.CCC(=O)C1CN([C@H]2CCc3c(-c4noc(-c5ccc(OC(C)C)c(C#N)c5)n4)cccc32)C1. The summed E-state index contributed by atoms with van der Waals surface area (Å²) in [4.78, 5) is 61.7. The molecule has 3 aliphatic heterocycles. The lowest BCUT2D eigenvalue weighted by Gasteiger charge is -2.45. The number of fused-ring (bicyclic) bond motifs is 4. The molecule has 4 aliphatic carbocycles. The summed E-state index contributed by atoms with van der Waals surface area (Å²) >= 11 is 0. The lowest BCUT2D eigenvalue weighted by Crippen LogP contribution is -2.57. The number of ether oxygens (including phenoxy) is 4. The highest BCUT2D eigenvalue weighted by atomic mass is 32.2. The van der Waals surface area contributed by atoms with E-state index in [1.165, 1.54) is 53.4 Å². The van der Waals surface area contributed by atoms with Gasteiger partial charge in [0.2, 0.25) is 49.3 Å². The van der Waals surface area contributed by atoms with Gasteiger partial charge in [-0.1, -0.05) is 131 Å². The van der Waals surface area contributed by atoms with Crippen molar-refractivity contribution >= 4 is 37.5 Å². The minimum absolute atomic E-state index is 0.0220.